The van der Waals surface area contributed by atoms with Crippen LogP contribution in [0.1, 0.15) is 51.0 Å². The van der Waals surface area contributed by atoms with Crippen molar-refractivity contribution in [2.75, 3.05) is 6.61 Å². The van der Waals surface area contributed by atoms with E-state index in [1.807, 2.05) is 0 Å². The quantitative estimate of drug-likeness (QED) is 0.800. The molecule has 4 aliphatic rings. The van der Waals surface area contributed by atoms with Crippen molar-refractivity contribution in [3.8, 4) is 0 Å². The maximum Gasteiger partial charge on any atom is 0.416 e. The number of alkyl halides is 3. The van der Waals surface area contributed by atoms with Crippen LogP contribution in [-0.4, -0.2) is 33.7 Å². The van der Waals surface area contributed by atoms with Gasteiger partial charge in [-0.3, -0.25) is 4.79 Å². The first-order valence-electron chi connectivity index (χ1n) is 10.6. The highest BCUT2D eigenvalue weighted by molar-refractivity contribution is 5.78. The SMILES string of the molecule is C[C@@H](NC(=O)COn1nnc2ccc(C(F)(F)F)cc21)C12CC3CC(CC(C3)C1)C2. The molecular weight excluding hydrogens is 397 g/mol. The lowest BCUT2D eigenvalue weighted by molar-refractivity contribution is -0.137. The van der Waals surface area contributed by atoms with E-state index in [4.69, 9.17) is 4.84 Å². The maximum absolute atomic E-state index is 13.0. The summed E-state index contributed by atoms with van der Waals surface area (Å²) in [5, 5.41) is 10.6. The Labute approximate surface area is 172 Å². The molecule has 1 heterocycles. The van der Waals surface area contributed by atoms with Gasteiger partial charge >= 0.3 is 6.18 Å². The van der Waals surface area contributed by atoms with Crippen LogP contribution < -0.4 is 10.2 Å². The summed E-state index contributed by atoms with van der Waals surface area (Å²) in [7, 11) is 0. The number of aromatic nitrogens is 3. The molecule has 1 aromatic carbocycles. The first-order valence-corrected chi connectivity index (χ1v) is 10.6. The van der Waals surface area contributed by atoms with E-state index in [9.17, 15) is 18.0 Å². The van der Waals surface area contributed by atoms with Gasteiger partial charge in [0.25, 0.3) is 5.91 Å². The van der Waals surface area contributed by atoms with Crippen molar-refractivity contribution in [2.45, 2.75) is 57.7 Å². The van der Waals surface area contributed by atoms with Gasteiger partial charge in [0.15, 0.2) is 6.61 Å². The van der Waals surface area contributed by atoms with Crippen molar-refractivity contribution in [3.05, 3.63) is 23.8 Å². The largest absolute Gasteiger partial charge is 0.416 e. The van der Waals surface area contributed by atoms with Crippen molar-refractivity contribution >= 4 is 16.9 Å². The molecule has 4 bridgehead atoms. The number of carbonyl (C=O) groups excluding carboxylic acids is 1. The van der Waals surface area contributed by atoms with Gasteiger partial charge in [-0.2, -0.15) is 13.2 Å². The highest BCUT2D eigenvalue weighted by Gasteiger charge is 2.53. The van der Waals surface area contributed by atoms with E-state index < -0.39 is 11.7 Å². The van der Waals surface area contributed by atoms with Gasteiger partial charge in [0.05, 0.1) is 5.56 Å². The Balaban J connectivity index is 1.23. The standard InChI is InChI=1S/C21H25F3N4O2/c1-12(20-8-13-4-14(9-20)6-15(5-13)10-20)25-19(29)11-30-28-18-7-16(21(22,23)24)2-3-17(18)26-27-28/h2-3,7,12-15H,4-6,8-11H2,1H3,(H,25,29)/t12-,13?,14?,15?,20?/m1/s1. The third-order valence-corrected chi connectivity index (χ3v) is 7.44. The zero-order valence-electron chi connectivity index (χ0n) is 16.8. The van der Waals surface area contributed by atoms with Crippen LogP contribution in [0.4, 0.5) is 13.2 Å². The molecule has 0 spiro atoms. The number of fused-ring (bicyclic) bond motifs is 1. The number of carbonyl (C=O) groups is 1. The van der Waals surface area contributed by atoms with Crippen LogP contribution in [0.5, 0.6) is 0 Å². The van der Waals surface area contributed by atoms with E-state index in [0.29, 0.717) is 0 Å². The third-order valence-electron chi connectivity index (χ3n) is 7.44. The van der Waals surface area contributed by atoms with Gasteiger partial charge in [0.1, 0.15) is 11.0 Å². The Morgan fingerprint density at radius 1 is 1.23 bits per heavy atom. The zero-order valence-corrected chi connectivity index (χ0v) is 16.8. The zero-order chi connectivity index (χ0) is 21.1. The summed E-state index contributed by atoms with van der Waals surface area (Å²) in [4.78, 5) is 18.8. The summed E-state index contributed by atoms with van der Waals surface area (Å²) >= 11 is 0. The van der Waals surface area contributed by atoms with E-state index in [-0.39, 0.29) is 35.0 Å². The van der Waals surface area contributed by atoms with Crippen molar-refractivity contribution in [1.82, 2.24) is 20.5 Å². The van der Waals surface area contributed by atoms with Crippen LogP contribution in [0.25, 0.3) is 11.0 Å². The molecule has 1 aromatic heterocycles. The van der Waals surface area contributed by atoms with Gasteiger partial charge in [0.2, 0.25) is 0 Å². The molecule has 0 saturated heterocycles. The van der Waals surface area contributed by atoms with Crippen LogP contribution in [0.15, 0.2) is 18.2 Å². The minimum Gasteiger partial charge on any atom is -0.385 e. The summed E-state index contributed by atoms with van der Waals surface area (Å²) in [5.74, 6) is 2.07. The van der Waals surface area contributed by atoms with E-state index >= 15 is 0 Å². The van der Waals surface area contributed by atoms with Gasteiger partial charge < -0.3 is 10.2 Å². The van der Waals surface area contributed by atoms with Crippen molar-refractivity contribution < 1.29 is 22.8 Å². The normalized spacial score (nSPS) is 31.1. The minimum absolute atomic E-state index is 0.0475. The topological polar surface area (TPSA) is 69.0 Å². The van der Waals surface area contributed by atoms with Crippen LogP contribution in [0.3, 0.4) is 0 Å². The fourth-order valence-electron chi connectivity index (χ4n) is 6.43. The molecule has 162 valence electrons. The molecule has 1 N–H and O–H groups in total. The Morgan fingerprint density at radius 2 is 1.87 bits per heavy atom. The molecule has 4 aliphatic carbocycles. The second kappa shape index (κ2) is 6.85. The highest BCUT2D eigenvalue weighted by Crippen LogP contribution is 2.61. The number of nitrogens with zero attached hydrogens (tertiary/aromatic N) is 3. The summed E-state index contributed by atoms with van der Waals surface area (Å²) in [5.41, 5.74) is -0.300. The Kier molecular flexibility index (Phi) is 4.48. The first kappa shape index (κ1) is 19.6. The molecule has 30 heavy (non-hydrogen) atoms. The second-order valence-electron chi connectivity index (χ2n) is 9.51. The van der Waals surface area contributed by atoms with Gasteiger partial charge in [0, 0.05) is 6.04 Å². The van der Waals surface area contributed by atoms with E-state index in [2.05, 4.69) is 22.6 Å². The average Bonchev–Trinajstić information content (AvgIpc) is 3.07. The molecule has 6 nitrogen and oxygen atoms in total. The number of hydrogen-bond acceptors (Lipinski definition) is 4. The molecule has 9 heteroatoms. The number of hydrogen-bond donors (Lipinski definition) is 1. The highest BCUT2D eigenvalue weighted by atomic mass is 19.4. The first-order chi connectivity index (χ1) is 14.2. The lowest BCUT2D eigenvalue weighted by Gasteiger charge is -2.59. The second-order valence-corrected chi connectivity index (χ2v) is 9.51. The molecule has 0 radical (unpaired) electrons. The van der Waals surface area contributed by atoms with Crippen molar-refractivity contribution in [3.63, 3.8) is 0 Å². The minimum atomic E-state index is -4.48. The summed E-state index contributed by atoms with van der Waals surface area (Å²) in [6.45, 7) is 1.75. The molecule has 1 amide bonds. The summed E-state index contributed by atoms with van der Waals surface area (Å²) in [6, 6.07) is 3.15. The summed E-state index contributed by atoms with van der Waals surface area (Å²) < 4.78 is 38.9. The fourth-order valence-corrected chi connectivity index (χ4v) is 6.43. The lowest BCUT2D eigenvalue weighted by Crippen LogP contribution is -2.56. The Bertz CT molecular complexity index is 936. The molecular formula is C21H25F3N4O2. The molecule has 4 fully saturated rings. The van der Waals surface area contributed by atoms with Crippen LogP contribution in [0.2, 0.25) is 0 Å². The lowest BCUT2D eigenvalue weighted by atomic mass is 9.48. The van der Waals surface area contributed by atoms with Crippen LogP contribution in [-0.2, 0) is 11.0 Å². The molecule has 1 atom stereocenters. The molecule has 6 rings (SSSR count). The van der Waals surface area contributed by atoms with E-state index in [1.165, 1.54) is 44.6 Å². The molecule has 0 unspecified atom stereocenters. The Morgan fingerprint density at radius 3 is 2.47 bits per heavy atom. The Hall–Kier alpha value is -2.32. The average molecular weight is 422 g/mol. The predicted octanol–water partition coefficient (Wildman–Crippen LogP) is 3.60. The number of halogens is 3. The van der Waals surface area contributed by atoms with Gasteiger partial charge in [-0.25, -0.2) is 0 Å². The number of rotatable bonds is 5. The van der Waals surface area contributed by atoms with Gasteiger partial charge in [-0.05, 0) is 92.0 Å². The van der Waals surface area contributed by atoms with Crippen LogP contribution >= 0.6 is 0 Å². The third kappa shape index (κ3) is 3.41. The molecule has 4 saturated carbocycles. The van der Waals surface area contributed by atoms with E-state index in [1.54, 1.807) is 0 Å². The maximum atomic E-state index is 13.0. The van der Waals surface area contributed by atoms with Gasteiger partial charge in [-0.1, -0.05) is 4.85 Å². The van der Waals surface area contributed by atoms with E-state index in [0.717, 1.165) is 34.7 Å². The number of nitrogens with one attached hydrogen (secondary N) is 1. The predicted molar refractivity (Wildman–Crippen MR) is 102 cm³/mol. The monoisotopic (exact) mass is 422 g/mol. The van der Waals surface area contributed by atoms with Crippen molar-refractivity contribution in [2.24, 2.45) is 23.2 Å². The van der Waals surface area contributed by atoms with Crippen molar-refractivity contribution in [1.29, 1.82) is 0 Å². The molecule has 2 aromatic rings. The number of benzene rings is 1. The van der Waals surface area contributed by atoms with Crippen LogP contribution in [0, 0.1) is 23.2 Å². The fraction of sp³-hybridized carbons (Fsp3) is 0.667. The van der Waals surface area contributed by atoms with Gasteiger partial charge in [-0.15, -0.1) is 5.10 Å². The number of amides is 1. The molecule has 0 aliphatic heterocycles. The smallest absolute Gasteiger partial charge is 0.385 e. The summed E-state index contributed by atoms with van der Waals surface area (Å²) in [6.07, 6.45) is 3.06.